The smallest absolute Gasteiger partial charge is 0.276 e. The van der Waals surface area contributed by atoms with Crippen LogP contribution in [-0.4, -0.2) is 53.4 Å². The Balaban J connectivity index is 1.21. The van der Waals surface area contributed by atoms with Crippen LogP contribution in [0.5, 0.6) is 0 Å². The normalized spacial score (nSPS) is 18.2. The van der Waals surface area contributed by atoms with Crippen LogP contribution >= 0.6 is 11.6 Å². The topological polar surface area (TPSA) is 139 Å². The highest BCUT2D eigenvalue weighted by atomic mass is 35.5. The summed E-state index contributed by atoms with van der Waals surface area (Å²) in [5.74, 6) is -0.824. The summed E-state index contributed by atoms with van der Waals surface area (Å²) in [7, 11) is 0. The third kappa shape index (κ3) is 5.43. The Morgan fingerprint density at radius 3 is 2.72 bits per heavy atom. The van der Waals surface area contributed by atoms with Crippen LogP contribution in [-0.2, 0) is 11.3 Å². The molecule has 2 fully saturated rings. The molecule has 15 heteroatoms. The van der Waals surface area contributed by atoms with Crippen molar-refractivity contribution in [3.8, 4) is 11.3 Å². The molecule has 11 nitrogen and oxygen atoms in total. The molecule has 6 rings (SSSR count). The highest BCUT2D eigenvalue weighted by Crippen LogP contribution is 2.47. The number of fused-ring (bicyclic) bond motifs is 1. The average molecular weight is 613 g/mol. The molecule has 3 atom stereocenters. The Labute approximate surface area is 247 Å². The Morgan fingerprint density at radius 2 is 2.05 bits per heavy atom. The van der Waals surface area contributed by atoms with E-state index in [1.54, 1.807) is 4.90 Å². The molecule has 0 spiro atoms. The maximum Gasteiger partial charge on any atom is 0.276 e. The van der Waals surface area contributed by atoms with E-state index >= 15 is 0 Å². The van der Waals surface area contributed by atoms with Gasteiger partial charge in [-0.3, -0.25) is 24.2 Å². The SMILES string of the molecule is Cc1cc(Cn2cc(NC(=O)c3nc(-c4c(C(F)F)ccc(Cl)c4F)cnc3[C@H](C)O)cn2)nnc1N1C[C@H]2C[C@H]2C1=O. The van der Waals surface area contributed by atoms with E-state index in [4.69, 9.17) is 11.6 Å². The first-order valence-electron chi connectivity index (χ1n) is 13.3. The molecule has 0 unspecified atom stereocenters. The highest BCUT2D eigenvalue weighted by molar-refractivity contribution is 6.31. The van der Waals surface area contributed by atoms with Crippen LogP contribution in [0, 0.1) is 24.6 Å². The van der Waals surface area contributed by atoms with Crippen molar-refractivity contribution in [2.24, 2.45) is 11.8 Å². The van der Waals surface area contributed by atoms with Gasteiger partial charge >= 0.3 is 0 Å². The number of aliphatic hydroxyl groups excluding tert-OH is 1. The molecular weight excluding hydrogens is 589 g/mol. The Morgan fingerprint density at radius 1 is 1.26 bits per heavy atom. The van der Waals surface area contributed by atoms with Crippen LogP contribution in [0.4, 0.5) is 24.7 Å². The number of alkyl halides is 2. The Bertz CT molecular complexity index is 1770. The van der Waals surface area contributed by atoms with E-state index in [1.165, 1.54) is 24.0 Å². The minimum absolute atomic E-state index is 0.0868. The summed E-state index contributed by atoms with van der Waals surface area (Å²) in [5, 5.41) is 25.1. The fourth-order valence-electron chi connectivity index (χ4n) is 5.22. The van der Waals surface area contributed by atoms with Gasteiger partial charge in [0, 0.05) is 29.8 Å². The largest absolute Gasteiger partial charge is 0.387 e. The summed E-state index contributed by atoms with van der Waals surface area (Å²) in [5.41, 5.74) is -0.543. The summed E-state index contributed by atoms with van der Waals surface area (Å²) in [6, 6.07) is 3.79. The molecule has 0 radical (unpaired) electrons. The quantitative estimate of drug-likeness (QED) is 0.296. The molecule has 3 aromatic heterocycles. The van der Waals surface area contributed by atoms with Gasteiger partial charge < -0.3 is 10.4 Å². The molecule has 2 amide bonds. The number of nitrogens with one attached hydrogen (secondary N) is 1. The van der Waals surface area contributed by atoms with E-state index in [0.29, 0.717) is 24.0 Å². The number of rotatable bonds is 8. The zero-order chi connectivity index (χ0) is 30.6. The van der Waals surface area contributed by atoms with Crippen molar-refractivity contribution < 1.29 is 27.9 Å². The van der Waals surface area contributed by atoms with Gasteiger partial charge in [0.15, 0.2) is 17.3 Å². The third-order valence-corrected chi connectivity index (χ3v) is 7.72. The lowest BCUT2D eigenvalue weighted by Gasteiger charge is -2.18. The number of aryl methyl sites for hydroxylation is 1. The minimum Gasteiger partial charge on any atom is -0.387 e. The molecular formula is C28H24ClF3N8O3. The zero-order valence-electron chi connectivity index (χ0n) is 22.8. The number of aliphatic hydroxyl groups is 1. The number of aromatic nitrogens is 6. The predicted octanol–water partition coefficient (Wildman–Crippen LogP) is 4.51. The number of carbonyl (C=O) groups excluding carboxylic acids is 2. The van der Waals surface area contributed by atoms with Gasteiger partial charge in [-0.25, -0.2) is 18.2 Å². The van der Waals surface area contributed by atoms with Gasteiger partial charge in [-0.15, -0.1) is 5.10 Å². The summed E-state index contributed by atoms with van der Waals surface area (Å²) >= 11 is 5.83. The molecule has 1 saturated carbocycles. The lowest BCUT2D eigenvalue weighted by molar-refractivity contribution is -0.118. The maximum absolute atomic E-state index is 14.9. The van der Waals surface area contributed by atoms with Crippen molar-refractivity contribution >= 4 is 34.9 Å². The van der Waals surface area contributed by atoms with E-state index in [9.17, 15) is 27.9 Å². The lowest BCUT2D eigenvalue weighted by atomic mass is 10.0. The average Bonchev–Trinajstić information content (AvgIpc) is 3.49. The van der Waals surface area contributed by atoms with Crippen LogP contribution in [0.3, 0.4) is 0 Å². The molecule has 4 heterocycles. The molecule has 4 aromatic rings. The summed E-state index contributed by atoms with van der Waals surface area (Å²) in [6.07, 6.45) is 0.513. The molecule has 2 N–H and O–H groups in total. The van der Waals surface area contributed by atoms with Gasteiger partial charge in [0.05, 0.1) is 52.8 Å². The Kier molecular flexibility index (Phi) is 7.34. The second kappa shape index (κ2) is 11.0. The van der Waals surface area contributed by atoms with Crippen molar-refractivity contribution in [1.29, 1.82) is 0 Å². The minimum atomic E-state index is -3.05. The second-order valence-electron chi connectivity index (χ2n) is 10.6. The number of hydrogen-bond acceptors (Lipinski definition) is 8. The lowest BCUT2D eigenvalue weighted by Crippen LogP contribution is -2.30. The van der Waals surface area contributed by atoms with Crippen molar-refractivity contribution in [3.05, 3.63) is 75.8 Å². The molecule has 2 aliphatic rings. The van der Waals surface area contributed by atoms with Crippen LogP contribution < -0.4 is 10.2 Å². The number of piperidine rings is 1. The van der Waals surface area contributed by atoms with Gasteiger partial charge in [0.1, 0.15) is 0 Å². The summed E-state index contributed by atoms with van der Waals surface area (Å²) in [4.78, 5) is 35.5. The van der Waals surface area contributed by atoms with E-state index < -0.39 is 46.1 Å². The predicted molar refractivity (Wildman–Crippen MR) is 148 cm³/mol. The maximum atomic E-state index is 14.9. The number of amides is 2. The number of anilines is 2. The number of carbonyl (C=O) groups is 2. The monoisotopic (exact) mass is 612 g/mol. The number of benzene rings is 1. The summed E-state index contributed by atoms with van der Waals surface area (Å²) < 4.78 is 43.7. The first-order chi connectivity index (χ1) is 20.5. The van der Waals surface area contributed by atoms with Crippen LogP contribution in [0.25, 0.3) is 11.3 Å². The van der Waals surface area contributed by atoms with Gasteiger partial charge in [-0.05, 0) is 43.9 Å². The number of nitrogens with zero attached hydrogens (tertiary/aromatic N) is 7. The van der Waals surface area contributed by atoms with E-state index in [0.717, 1.165) is 30.3 Å². The van der Waals surface area contributed by atoms with Crippen molar-refractivity contribution in [3.63, 3.8) is 0 Å². The van der Waals surface area contributed by atoms with Crippen molar-refractivity contribution in [2.75, 3.05) is 16.8 Å². The zero-order valence-corrected chi connectivity index (χ0v) is 23.6. The van der Waals surface area contributed by atoms with Gasteiger partial charge in [0.25, 0.3) is 12.3 Å². The van der Waals surface area contributed by atoms with E-state index in [-0.39, 0.29) is 35.4 Å². The summed E-state index contributed by atoms with van der Waals surface area (Å²) in [6.45, 7) is 4.07. The van der Waals surface area contributed by atoms with E-state index in [2.05, 4.69) is 30.6 Å². The molecule has 1 aromatic carbocycles. The molecule has 1 saturated heterocycles. The van der Waals surface area contributed by atoms with Crippen LogP contribution in [0.1, 0.15) is 58.9 Å². The highest BCUT2D eigenvalue weighted by Gasteiger charge is 2.53. The third-order valence-electron chi connectivity index (χ3n) is 7.43. The first kappa shape index (κ1) is 28.7. The molecule has 43 heavy (non-hydrogen) atoms. The van der Waals surface area contributed by atoms with Crippen LogP contribution in [0.15, 0.2) is 36.8 Å². The Hall–Kier alpha value is -4.43. The number of hydrogen-bond donors (Lipinski definition) is 2. The van der Waals surface area contributed by atoms with E-state index in [1.807, 2.05) is 13.0 Å². The standard InChI is InChI=1S/C28H24ClF3N8O3/c1-12-5-15(37-38-26(12)40-9-14-6-18(14)28(40)43)10-39-11-16(7-34-39)35-27(42)24-23(13(2)41)33-8-20(36-24)21-17(25(31)32)3-4-19(29)22(21)30/h3-5,7-8,11,13-14,18,25,41H,6,9-10H2,1-2H3,(H,35,42)/t13-,14+,18+/m0/s1. The van der Waals surface area contributed by atoms with Crippen molar-refractivity contribution in [1.82, 2.24) is 29.9 Å². The molecule has 0 bridgehead atoms. The molecule has 1 aliphatic carbocycles. The van der Waals surface area contributed by atoms with Gasteiger partial charge in [-0.1, -0.05) is 17.7 Å². The van der Waals surface area contributed by atoms with Crippen LogP contribution in [0.2, 0.25) is 5.02 Å². The van der Waals surface area contributed by atoms with Crippen molar-refractivity contribution in [2.45, 2.75) is 39.3 Å². The first-order valence-corrected chi connectivity index (χ1v) is 13.7. The number of halogens is 4. The fraction of sp³-hybridized carbons (Fsp3) is 0.321. The second-order valence-corrected chi connectivity index (χ2v) is 11.0. The fourth-order valence-corrected chi connectivity index (χ4v) is 5.37. The molecule has 222 valence electrons. The van der Waals surface area contributed by atoms with Gasteiger partial charge in [0.2, 0.25) is 5.91 Å². The molecule has 1 aliphatic heterocycles. The van der Waals surface area contributed by atoms with Gasteiger partial charge in [-0.2, -0.15) is 10.2 Å².